The Morgan fingerprint density at radius 1 is 1.37 bits per heavy atom. The number of carbonyl (C=O) groups excluding carboxylic acids is 1. The van der Waals surface area contributed by atoms with Crippen molar-refractivity contribution in [3.63, 3.8) is 0 Å². The first-order valence-electron chi connectivity index (χ1n) is 8.60. The van der Waals surface area contributed by atoms with Gasteiger partial charge in [-0.05, 0) is 24.1 Å². The van der Waals surface area contributed by atoms with Gasteiger partial charge in [0.2, 0.25) is 5.91 Å². The molecule has 27 heavy (non-hydrogen) atoms. The number of imidazole rings is 1. The van der Waals surface area contributed by atoms with Crippen LogP contribution in [0.15, 0.2) is 24.4 Å². The number of pyridine rings is 1. The summed E-state index contributed by atoms with van der Waals surface area (Å²) in [6.07, 6.45) is 6.45. The fourth-order valence-electron chi connectivity index (χ4n) is 2.57. The number of aromatic nitrogens is 2. The maximum Gasteiger partial charge on any atom is 0.303 e. The Morgan fingerprint density at radius 3 is 2.89 bits per heavy atom. The summed E-state index contributed by atoms with van der Waals surface area (Å²) in [5.74, 6) is -0.611. The fourth-order valence-corrected chi connectivity index (χ4v) is 2.57. The zero-order valence-corrected chi connectivity index (χ0v) is 15.1. The number of ether oxygens (including phenoxy) is 1. The molecule has 0 aliphatic heterocycles. The molecule has 2 heterocycles. The largest absolute Gasteiger partial charge is 0.481 e. The molecule has 0 saturated heterocycles. The van der Waals surface area contributed by atoms with Crippen molar-refractivity contribution in [3.8, 4) is 0 Å². The number of anilines is 1. The van der Waals surface area contributed by atoms with E-state index in [0.717, 1.165) is 17.8 Å². The lowest BCUT2D eigenvalue weighted by atomic mass is 10.2. The number of hydrogen-bond acceptors (Lipinski definition) is 6. The highest BCUT2D eigenvalue weighted by molar-refractivity contribution is 5.77. The molecule has 0 bridgehead atoms. The van der Waals surface area contributed by atoms with Gasteiger partial charge in [0.05, 0.1) is 12.1 Å². The van der Waals surface area contributed by atoms with Crippen molar-refractivity contribution < 1.29 is 24.6 Å². The summed E-state index contributed by atoms with van der Waals surface area (Å²) in [6, 6.07) is 3.68. The highest BCUT2D eigenvalue weighted by Gasteiger charge is 2.13. The first kappa shape index (κ1) is 20.4. The van der Waals surface area contributed by atoms with E-state index >= 15 is 0 Å². The van der Waals surface area contributed by atoms with E-state index in [1.807, 2.05) is 22.7 Å². The van der Waals surface area contributed by atoms with Crippen molar-refractivity contribution in [1.82, 2.24) is 14.9 Å². The second-order valence-corrected chi connectivity index (χ2v) is 5.91. The minimum Gasteiger partial charge on any atom is -0.481 e. The maximum atomic E-state index is 11.1. The summed E-state index contributed by atoms with van der Waals surface area (Å²) in [5, 5.41) is 20.8. The van der Waals surface area contributed by atoms with Crippen molar-refractivity contribution in [2.45, 2.75) is 25.7 Å². The SMILES string of the molecule is COCCCNc1c(CCC(=O)O)nc2ccc(/C=C/CC(=O)NO)cn12. The smallest absolute Gasteiger partial charge is 0.303 e. The molecule has 9 heteroatoms. The van der Waals surface area contributed by atoms with Gasteiger partial charge in [-0.1, -0.05) is 12.2 Å². The minimum absolute atomic E-state index is 0.000333. The molecule has 9 nitrogen and oxygen atoms in total. The maximum absolute atomic E-state index is 11.1. The summed E-state index contributed by atoms with van der Waals surface area (Å²) >= 11 is 0. The molecule has 2 aromatic heterocycles. The highest BCUT2D eigenvalue weighted by atomic mass is 16.5. The Hall–Kier alpha value is -2.91. The van der Waals surface area contributed by atoms with Crippen LogP contribution in [0, 0.1) is 0 Å². The van der Waals surface area contributed by atoms with Crippen LogP contribution in [0.4, 0.5) is 5.82 Å². The number of hydroxylamine groups is 1. The lowest BCUT2D eigenvalue weighted by Crippen LogP contribution is -2.16. The number of nitrogens with one attached hydrogen (secondary N) is 2. The van der Waals surface area contributed by atoms with Crippen LogP contribution in [-0.2, 0) is 20.7 Å². The average Bonchev–Trinajstić information content (AvgIpc) is 3.00. The minimum atomic E-state index is -0.872. The number of aliphatic carboxylic acids is 1. The summed E-state index contributed by atoms with van der Waals surface area (Å²) in [4.78, 5) is 26.5. The Morgan fingerprint density at radius 2 is 2.19 bits per heavy atom. The monoisotopic (exact) mass is 376 g/mol. The number of carboxylic acids is 1. The van der Waals surface area contributed by atoms with Crippen LogP contribution < -0.4 is 10.8 Å². The average molecular weight is 376 g/mol. The number of hydrogen-bond donors (Lipinski definition) is 4. The molecule has 146 valence electrons. The quantitative estimate of drug-likeness (QED) is 0.267. The van der Waals surface area contributed by atoms with E-state index in [2.05, 4.69) is 10.3 Å². The topological polar surface area (TPSA) is 125 Å². The molecule has 4 N–H and O–H groups in total. The van der Waals surface area contributed by atoms with Crippen molar-refractivity contribution in [2.24, 2.45) is 0 Å². The van der Waals surface area contributed by atoms with Crippen molar-refractivity contribution in [3.05, 3.63) is 35.7 Å². The molecule has 0 saturated carbocycles. The van der Waals surface area contributed by atoms with Crippen molar-refractivity contribution in [2.75, 3.05) is 25.6 Å². The number of methoxy groups -OCH3 is 1. The van der Waals surface area contributed by atoms with E-state index in [-0.39, 0.29) is 12.8 Å². The van der Waals surface area contributed by atoms with E-state index in [9.17, 15) is 9.59 Å². The van der Waals surface area contributed by atoms with Crippen LogP contribution in [0.2, 0.25) is 0 Å². The number of aryl methyl sites for hydroxylation is 1. The second-order valence-electron chi connectivity index (χ2n) is 5.91. The number of fused-ring (bicyclic) bond motifs is 1. The summed E-state index contributed by atoms with van der Waals surface area (Å²) in [6.45, 7) is 1.29. The van der Waals surface area contributed by atoms with Gasteiger partial charge in [-0.25, -0.2) is 10.5 Å². The number of rotatable bonds is 11. The van der Waals surface area contributed by atoms with Gasteiger partial charge in [0, 0.05) is 39.3 Å². The molecule has 0 radical (unpaired) electrons. The van der Waals surface area contributed by atoms with Gasteiger partial charge in [0.15, 0.2) is 0 Å². The van der Waals surface area contributed by atoms with Crippen LogP contribution in [-0.4, -0.2) is 51.8 Å². The first-order chi connectivity index (χ1) is 13.0. The summed E-state index contributed by atoms with van der Waals surface area (Å²) in [7, 11) is 1.64. The molecule has 0 aliphatic rings. The van der Waals surface area contributed by atoms with Gasteiger partial charge < -0.3 is 15.2 Å². The Kier molecular flexibility index (Phi) is 7.78. The number of carboxylic acid groups (broad SMARTS) is 1. The zero-order chi connectivity index (χ0) is 19.6. The third-order valence-corrected chi connectivity index (χ3v) is 3.85. The molecular formula is C18H24N4O5. The molecule has 0 aromatic carbocycles. The number of nitrogens with zero attached hydrogens (tertiary/aromatic N) is 2. The Labute approximate surface area is 156 Å². The second kappa shape index (κ2) is 10.3. The third-order valence-electron chi connectivity index (χ3n) is 3.85. The van der Waals surface area contributed by atoms with Crippen molar-refractivity contribution in [1.29, 1.82) is 0 Å². The van der Waals surface area contributed by atoms with Gasteiger partial charge in [-0.15, -0.1) is 0 Å². The zero-order valence-electron chi connectivity index (χ0n) is 15.1. The molecule has 0 unspecified atom stereocenters. The molecule has 0 aliphatic carbocycles. The van der Waals surface area contributed by atoms with Crippen LogP contribution in [0.25, 0.3) is 11.7 Å². The molecule has 0 atom stereocenters. The molecule has 1 amide bonds. The summed E-state index contributed by atoms with van der Waals surface area (Å²) in [5.41, 5.74) is 3.81. The Balaban J connectivity index is 2.26. The normalized spacial score (nSPS) is 11.2. The molecule has 2 rings (SSSR count). The van der Waals surface area contributed by atoms with E-state index < -0.39 is 11.9 Å². The van der Waals surface area contributed by atoms with E-state index in [0.29, 0.717) is 30.9 Å². The van der Waals surface area contributed by atoms with Gasteiger partial charge >= 0.3 is 5.97 Å². The molecule has 0 spiro atoms. The predicted molar refractivity (Wildman–Crippen MR) is 99.7 cm³/mol. The van der Waals surface area contributed by atoms with E-state index in [1.165, 1.54) is 0 Å². The highest BCUT2D eigenvalue weighted by Crippen LogP contribution is 2.21. The fraction of sp³-hybridized carbons (Fsp3) is 0.389. The lowest BCUT2D eigenvalue weighted by Gasteiger charge is -2.08. The van der Waals surface area contributed by atoms with Crippen LogP contribution in [0.3, 0.4) is 0 Å². The van der Waals surface area contributed by atoms with Crippen LogP contribution >= 0.6 is 0 Å². The number of carbonyl (C=O) groups is 2. The molecule has 2 aromatic rings. The van der Waals surface area contributed by atoms with Gasteiger partial charge in [-0.2, -0.15) is 0 Å². The molecular weight excluding hydrogens is 352 g/mol. The van der Waals surface area contributed by atoms with Crippen LogP contribution in [0.1, 0.15) is 30.5 Å². The lowest BCUT2D eigenvalue weighted by molar-refractivity contribution is -0.137. The number of amides is 1. The third kappa shape index (κ3) is 6.08. The van der Waals surface area contributed by atoms with Gasteiger partial charge in [0.25, 0.3) is 0 Å². The Bertz CT molecular complexity index is 815. The van der Waals surface area contributed by atoms with E-state index in [4.69, 9.17) is 15.1 Å². The van der Waals surface area contributed by atoms with Crippen molar-refractivity contribution >= 4 is 29.4 Å². The predicted octanol–water partition coefficient (Wildman–Crippen LogP) is 1.71. The first-order valence-corrected chi connectivity index (χ1v) is 8.60. The van der Waals surface area contributed by atoms with Crippen LogP contribution in [0.5, 0.6) is 0 Å². The van der Waals surface area contributed by atoms with Gasteiger partial charge in [-0.3, -0.25) is 19.2 Å². The molecule has 0 fully saturated rings. The van der Waals surface area contributed by atoms with Gasteiger partial charge in [0.1, 0.15) is 11.5 Å². The summed E-state index contributed by atoms with van der Waals surface area (Å²) < 4.78 is 6.92. The standard InChI is InChI=1S/C18H24N4O5/c1-27-11-3-10-19-18-14(7-9-17(24)25)20-15-8-6-13(12-22(15)18)4-2-5-16(23)21-26/h2,4,6,8,12,19,26H,3,5,7,9-11H2,1H3,(H,21,23)(H,24,25)/b4-2+. The van der Waals surface area contributed by atoms with E-state index in [1.54, 1.807) is 24.7 Å².